The predicted molar refractivity (Wildman–Crippen MR) is 141 cm³/mol. The standard InChI is InChI=1S/C28H23N5OS/c1-20-11-13-23(14-12-20)33-27(22-15-17-29-18-16-22)31-32-28(33)35-19-26(34)30-25-10-6-5-9-24(25)21-7-3-2-4-8-21/h2-18H,19H2,1H3,(H,30,34). The molecule has 6 nitrogen and oxygen atoms in total. The summed E-state index contributed by atoms with van der Waals surface area (Å²) in [6.07, 6.45) is 3.46. The van der Waals surface area contributed by atoms with Crippen LogP contribution in [0.3, 0.4) is 0 Å². The molecule has 0 aliphatic carbocycles. The molecule has 7 heteroatoms. The molecular formula is C28H23N5OS. The summed E-state index contributed by atoms with van der Waals surface area (Å²) >= 11 is 1.35. The number of carbonyl (C=O) groups is 1. The Labute approximate surface area is 208 Å². The van der Waals surface area contributed by atoms with Crippen LogP contribution >= 0.6 is 11.8 Å². The monoisotopic (exact) mass is 477 g/mol. The molecule has 0 atom stereocenters. The molecule has 2 heterocycles. The molecule has 0 saturated carbocycles. The van der Waals surface area contributed by atoms with Crippen LogP contribution in [0.4, 0.5) is 5.69 Å². The topological polar surface area (TPSA) is 72.7 Å². The lowest BCUT2D eigenvalue weighted by Crippen LogP contribution is -2.15. The third-order valence-corrected chi connectivity index (χ3v) is 6.41. The minimum atomic E-state index is -0.109. The fraction of sp³-hybridized carbons (Fsp3) is 0.0714. The van der Waals surface area contributed by atoms with Gasteiger partial charge in [0.1, 0.15) is 0 Å². The average Bonchev–Trinajstić information content (AvgIpc) is 3.33. The first-order valence-corrected chi connectivity index (χ1v) is 12.2. The predicted octanol–water partition coefficient (Wildman–Crippen LogP) is 6.04. The Morgan fingerprint density at radius 1 is 0.829 bits per heavy atom. The molecule has 3 aromatic carbocycles. The van der Waals surface area contributed by atoms with E-state index in [0.29, 0.717) is 11.0 Å². The van der Waals surface area contributed by atoms with Gasteiger partial charge in [0.05, 0.1) is 5.75 Å². The smallest absolute Gasteiger partial charge is 0.234 e. The first kappa shape index (κ1) is 22.6. The third-order valence-electron chi connectivity index (χ3n) is 5.48. The van der Waals surface area contributed by atoms with Crippen LogP contribution in [0.5, 0.6) is 0 Å². The molecule has 5 aromatic rings. The lowest BCUT2D eigenvalue weighted by atomic mass is 10.0. The quantitative estimate of drug-likeness (QED) is 0.290. The van der Waals surface area contributed by atoms with Crippen LogP contribution in [0.1, 0.15) is 5.56 Å². The van der Waals surface area contributed by atoms with Crippen molar-refractivity contribution in [3.8, 4) is 28.2 Å². The van der Waals surface area contributed by atoms with Crippen molar-refractivity contribution >= 4 is 23.4 Å². The number of nitrogens with zero attached hydrogens (tertiary/aromatic N) is 4. The third kappa shape index (κ3) is 5.15. The van der Waals surface area contributed by atoms with Gasteiger partial charge >= 0.3 is 0 Å². The van der Waals surface area contributed by atoms with Gasteiger partial charge in [0, 0.05) is 34.9 Å². The van der Waals surface area contributed by atoms with Gasteiger partial charge in [-0.2, -0.15) is 0 Å². The number of hydrogen-bond donors (Lipinski definition) is 1. The average molecular weight is 478 g/mol. The Morgan fingerprint density at radius 3 is 2.31 bits per heavy atom. The summed E-state index contributed by atoms with van der Waals surface area (Å²) in [5.74, 6) is 0.791. The molecule has 172 valence electrons. The zero-order chi connectivity index (χ0) is 24.0. The van der Waals surface area contributed by atoms with E-state index in [-0.39, 0.29) is 11.7 Å². The molecule has 0 spiro atoms. The Kier molecular flexibility index (Phi) is 6.68. The molecule has 5 rings (SSSR count). The fourth-order valence-corrected chi connectivity index (χ4v) is 4.51. The molecule has 1 N–H and O–H groups in total. The van der Waals surface area contributed by atoms with Crippen LogP contribution in [0.2, 0.25) is 0 Å². The molecule has 0 unspecified atom stereocenters. The highest BCUT2D eigenvalue weighted by Crippen LogP contribution is 2.30. The Balaban J connectivity index is 1.38. The summed E-state index contributed by atoms with van der Waals surface area (Å²) in [4.78, 5) is 17.0. The van der Waals surface area contributed by atoms with Crippen LogP contribution in [0.25, 0.3) is 28.2 Å². The summed E-state index contributed by atoms with van der Waals surface area (Å²) in [6, 6.07) is 29.8. The van der Waals surface area contributed by atoms with Gasteiger partial charge in [0.15, 0.2) is 11.0 Å². The lowest BCUT2D eigenvalue weighted by Gasteiger charge is -2.12. The second-order valence-corrected chi connectivity index (χ2v) is 8.90. The largest absolute Gasteiger partial charge is 0.325 e. The highest BCUT2D eigenvalue weighted by Gasteiger charge is 2.18. The van der Waals surface area contributed by atoms with E-state index in [1.807, 2.05) is 102 Å². The summed E-state index contributed by atoms with van der Waals surface area (Å²) < 4.78 is 1.98. The van der Waals surface area contributed by atoms with Crippen LogP contribution in [0, 0.1) is 6.92 Å². The molecule has 0 fully saturated rings. The molecule has 0 aliphatic rings. The van der Waals surface area contributed by atoms with E-state index >= 15 is 0 Å². The number of amides is 1. The number of hydrogen-bond acceptors (Lipinski definition) is 5. The van der Waals surface area contributed by atoms with Crippen LogP contribution in [0.15, 0.2) is 109 Å². The van der Waals surface area contributed by atoms with Gasteiger partial charge in [-0.25, -0.2) is 0 Å². The van der Waals surface area contributed by atoms with Crippen molar-refractivity contribution in [3.63, 3.8) is 0 Å². The number of aryl methyl sites for hydroxylation is 1. The van der Waals surface area contributed by atoms with Crippen LogP contribution in [-0.2, 0) is 4.79 Å². The molecule has 35 heavy (non-hydrogen) atoms. The van der Waals surface area contributed by atoms with Crippen molar-refractivity contribution in [2.45, 2.75) is 12.1 Å². The highest BCUT2D eigenvalue weighted by atomic mass is 32.2. The number of aromatic nitrogens is 4. The number of benzene rings is 3. The summed E-state index contributed by atoms with van der Waals surface area (Å²) in [5, 5.41) is 12.5. The Morgan fingerprint density at radius 2 is 1.54 bits per heavy atom. The minimum absolute atomic E-state index is 0.109. The fourth-order valence-electron chi connectivity index (χ4n) is 3.76. The number of nitrogens with one attached hydrogen (secondary N) is 1. The maximum atomic E-state index is 12.9. The van der Waals surface area contributed by atoms with Crippen molar-refractivity contribution in [1.82, 2.24) is 19.7 Å². The van der Waals surface area contributed by atoms with Gasteiger partial charge < -0.3 is 5.32 Å². The van der Waals surface area contributed by atoms with Crippen molar-refractivity contribution < 1.29 is 4.79 Å². The van der Waals surface area contributed by atoms with Gasteiger partial charge in [-0.1, -0.05) is 78.0 Å². The molecule has 0 aliphatic heterocycles. The molecule has 0 radical (unpaired) electrons. The van der Waals surface area contributed by atoms with E-state index in [1.165, 1.54) is 11.8 Å². The number of carbonyl (C=O) groups excluding carboxylic acids is 1. The second kappa shape index (κ2) is 10.4. The molecular weight excluding hydrogens is 454 g/mol. The first-order valence-electron chi connectivity index (χ1n) is 11.2. The highest BCUT2D eigenvalue weighted by molar-refractivity contribution is 7.99. The molecule has 1 amide bonds. The maximum Gasteiger partial charge on any atom is 0.234 e. The van der Waals surface area contributed by atoms with E-state index < -0.39 is 0 Å². The Hall–Kier alpha value is -4.23. The van der Waals surface area contributed by atoms with Crippen molar-refractivity contribution in [3.05, 3.63) is 109 Å². The second-order valence-electron chi connectivity index (χ2n) is 7.96. The van der Waals surface area contributed by atoms with E-state index in [0.717, 1.165) is 33.6 Å². The van der Waals surface area contributed by atoms with E-state index in [9.17, 15) is 4.79 Å². The number of thioether (sulfide) groups is 1. The van der Waals surface area contributed by atoms with Crippen molar-refractivity contribution in [1.29, 1.82) is 0 Å². The minimum Gasteiger partial charge on any atom is -0.325 e. The van der Waals surface area contributed by atoms with Gasteiger partial charge in [-0.3, -0.25) is 14.3 Å². The van der Waals surface area contributed by atoms with Crippen molar-refractivity contribution in [2.75, 3.05) is 11.1 Å². The van der Waals surface area contributed by atoms with Gasteiger partial charge in [-0.15, -0.1) is 10.2 Å². The van der Waals surface area contributed by atoms with E-state index in [1.54, 1.807) is 12.4 Å². The number of rotatable bonds is 7. The summed E-state index contributed by atoms with van der Waals surface area (Å²) in [6.45, 7) is 2.05. The number of para-hydroxylation sites is 1. The lowest BCUT2D eigenvalue weighted by molar-refractivity contribution is -0.113. The summed E-state index contributed by atoms with van der Waals surface area (Å²) in [7, 11) is 0. The SMILES string of the molecule is Cc1ccc(-n2c(SCC(=O)Nc3ccccc3-c3ccccc3)nnc2-c2ccncc2)cc1. The summed E-state index contributed by atoms with van der Waals surface area (Å²) in [5.41, 5.74) is 5.82. The van der Waals surface area contributed by atoms with Crippen molar-refractivity contribution in [2.24, 2.45) is 0 Å². The Bertz CT molecular complexity index is 1430. The molecule has 2 aromatic heterocycles. The molecule has 0 bridgehead atoms. The van der Waals surface area contributed by atoms with Crippen LogP contribution in [-0.4, -0.2) is 31.4 Å². The van der Waals surface area contributed by atoms with E-state index in [2.05, 4.69) is 20.5 Å². The number of anilines is 1. The first-order chi connectivity index (χ1) is 17.2. The number of pyridine rings is 1. The van der Waals surface area contributed by atoms with Gasteiger partial charge in [-0.05, 0) is 42.8 Å². The maximum absolute atomic E-state index is 12.9. The van der Waals surface area contributed by atoms with E-state index in [4.69, 9.17) is 0 Å². The molecule has 0 saturated heterocycles. The normalized spacial score (nSPS) is 10.8. The zero-order valence-electron chi connectivity index (χ0n) is 19.1. The van der Waals surface area contributed by atoms with Gasteiger partial charge in [0.2, 0.25) is 5.91 Å². The van der Waals surface area contributed by atoms with Gasteiger partial charge in [0.25, 0.3) is 0 Å². The van der Waals surface area contributed by atoms with Crippen LogP contribution < -0.4 is 5.32 Å². The zero-order valence-corrected chi connectivity index (χ0v) is 19.9.